The van der Waals surface area contributed by atoms with Gasteiger partial charge in [0.2, 0.25) is 10.0 Å². The lowest BCUT2D eigenvalue weighted by molar-refractivity contribution is 0.159. The number of carbonyl (C=O) groups excluding carboxylic acids is 1. The standard InChI is InChI=1S/C10H11N3O4S/c11-7-8-3-1-2-4-9(8)18(15,16)13-5-6-17-10(12)14/h1-4,13H,5-6H2,(H2,12,14). The van der Waals surface area contributed by atoms with E-state index in [4.69, 9.17) is 11.0 Å². The predicted octanol–water partition coefficient (Wildman–Crippen LogP) is -0.0681. The molecule has 0 aliphatic carbocycles. The van der Waals surface area contributed by atoms with E-state index >= 15 is 0 Å². The molecule has 0 aromatic heterocycles. The number of primary amides is 1. The molecular formula is C10H11N3O4S. The second-order valence-corrected chi connectivity index (χ2v) is 4.91. The van der Waals surface area contributed by atoms with Crippen LogP contribution < -0.4 is 10.5 Å². The van der Waals surface area contributed by atoms with Gasteiger partial charge in [-0.3, -0.25) is 0 Å². The zero-order valence-electron chi connectivity index (χ0n) is 9.29. The molecule has 0 saturated heterocycles. The molecule has 18 heavy (non-hydrogen) atoms. The highest BCUT2D eigenvalue weighted by Crippen LogP contribution is 2.13. The maximum atomic E-state index is 11.8. The summed E-state index contributed by atoms with van der Waals surface area (Å²) in [5.74, 6) is 0. The van der Waals surface area contributed by atoms with Gasteiger partial charge in [0.15, 0.2) is 0 Å². The van der Waals surface area contributed by atoms with E-state index in [0.29, 0.717) is 0 Å². The molecule has 3 N–H and O–H groups in total. The summed E-state index contributed by atoms with van der Waals surface area (Å²) in [6, 6.07) is 7.57. The second kappa shape index (κ2) is 6.00. The number of rotatable bonds is 5. The monoisotopic (exact) mass is 269 g/mol. The SMILES string of the molecule is N#Cc1ccccc1S(=O)(=O)NCCOC(N)=O. The van der Waals surface area contributed by atoms with Crippen molar-refractivity contribution in [2.45, 2.75) is 4.90 Å². The average molecular weight is 269 g/mol. The van der Waals surface area contributed by atoms with E-state index in [9.17, 15) is 13.2 Å². The quantitative estimate of drug-likeness (QED) is 0.724. The molecule has 8 heteroatoms. The Kier molecular flexibility index (Phi) is 4.65. The smallest absolute Gasteiger partial charge is 0.404 e. The van der Waals surface area contributed by atoms with Gasteiger partial charge in [-0.2, -0.15) is 5.26 Å². The number of amides is 1. The number of benzene rings is 1. The van der Waals surface area contributed by atoms with Crippen LogP contribution in [0.1, 0.15) is 5.56 Å². The lowest BCUT2D eigenvalue weighted by Gasteiger charge is -2.07. The minimum Gasteiger partial charge on any atom is -0.448 e. The summed E-state index contributed by atoms with van der Waals surface area (Å²) in [5.41, 5.74) is 4.76. The van der Waals surface area contributed by atoms with E-state index in [2.05, 4.69) is 9.46 Å². The van der Waals surface area contributed by atoms with Crippen LogP contribution in [0.5, 0.6) is 0 Å². The van der Waals surface area contributed by atoms with Crippen LogP contribution in [0.25, 0.3) is 0 Å². The predicted molar refractivity (Wildman–Crippen MR) is 61.9 cm³/mol. The highest BCUT2D eigenvalue weighted by Gasteiger charge is 2.17. The highest BCUT2D eigenvalue weighted by atomic mass is 32.2. The molecule has 0 fully saturated rings. The zero-order valence-corrected chi connectivity index (χ0v) is 10.1. The van der Waals surface area contributed by atoms with Crippen LogP contribution in [0.15, 0.2) is 29.2 Å². The van der Waals surface area contributed by atoms with Gasteiger partial charge in [-0.1, -0.05) is 12.1 Å². The number of hydrogen-bond donors (Lipinski definition) is 2. The van der Waals surface area contributed by atoms with Gasteiger partial charge in [0.05, 0.1) is 10.5 Å². The number of nitriles is 1. The highest BCUT2D eigenvalue weighted by molar-refractivity contribution is 7.89. The van der Waals surface area contributed by atoms with Crippen LogP contribution in [-0.4, -0.2) is 27.7 Å². The van der Waals surface area contributed by atoms with Crippen LogP contribution in [0.4, 0.5) is 4.79 Å². The molecule has 96 valence electrons. The molecule has 0 unspecified atom stereocenters. The minimum atomic E-state index is -3.81. The molecule has 0 radical (unpaired) electrons. The van der Waals surface area contributed by atoms with Gasteiger partial charge in [0, 0.05) is 6.54 Å². The lowest BCUT2D eigenvalue weighted by Crippen LogP contribution is -2.29. The molecule has 1 aromatic carbocycles. The first-order valence-electron chi connectivity index (χ1n) is 4.88. The second-order valence-electron chi connectivity index (χ2n) is 3.17. The molecule has 0 bridgehead atoms. The Morgan fingerprint density at radius 3 is 2.72 bits per heavy atom. The molecular weight excluding hydrogens is 258 g/mol. The average Bonchev–Trinajstić information content (AvgIpc) is 2.34. The molecule has 1 aromatic rings. The summed E-state index contributed by atoms with van der Waals surface area (Å²) < 4.78 is 30.2. The Bertz CT molecular complexity index is 577. The summed E-state index contributed by atoms with van der Waals surface area (Å²) in [5, 5.41) is 8.80. The van der Waals surface area contributed by atoms with Crippen molar-refractivity contribution in [1.82, 2.24) is 4.72 Å². The van der Waals surface area contributed by atoms with E-state index in [1.54, 1.807) is 12.1 Å². The van der Waals surface area contributed by atoms with Gasteiger partial charge in [0.1, 0.15) is 12.7 Å². The Hall–Kier alpha value is -2.11. The first kappa shape index (κ1) is 14.0. The maximum Gasteiger partial charge on any atom is 0.404 e. The fraction of sp³-hybridized carbons (Fsp3) is 0.200. The number of hydrogen-bond acceptors (Lipinski definition) is 5. The van der Waals surface area contributed by atoms with Crippen molar-refractivity contribution in [3.63, 3.8) is 0 Å². The number of carbonyl (C=O) groups is 1. The van der Waals surface area contributed by atoms with Crippen molar-refractivity contribution >= 4 is 16.1 Å². The van der Waals surface area contributed by atoms with Gasteiger partial charge < -0.3 is 10.5 Å². The van der Waals surface area contributed by atoms with Crippen molar-refractivity contribution in [2.75, 3.05) is 13.2 Å². The Morgan fingerprint density at radius 2 is 2.11 bits per heavy atom. The molecule has 0 heterocycles. The van der Waals surface area contributed by atoms with Gasteiger partial charge in [-0.05, 0) is 12.1 Å². The number of nitrogens with one attached hydrogen (secondary N) is 1. The van der Waals surface area contributed by atoms with Crippen molar-refractivity contribution in [3.05, 3.63) is 29.8 Å². The molecule has 1 rings (SSSR count). The summed E-state index contributed by atoms with van der Waals surface area (Å²) in [4.78, 5) is 10.2. The molecule has 0 atom stereocenters. The van der Waals surface area contributed by atoms with Crippen LogP contribution in [-0.2, 0) is 14.8 Å². The summed E-state index contributed by atoms with van der Waals surface area (Å²) in [7, 11) is -3.81. The topological polar surface area (TPSA) is 122 Å². The van der Waals surface area contributed by atoms with Gasteiger partial charge >= 0.3 is 6.09 Å². The first-order chi connectivity index (χ1) is 8.47. The van der Waals surface area contributed by atoms with Crippen molar-refractivity contribution in [3.8, 4) is 6.07 Å². The zero-order chi connectivity index (χ0) is 13.6. The normalized spacial score (nSPS) is 10.6. The summed E-state index contributed by atoms with van der Waals surface area (Å²) >= 11 is 0. The summed E-state index contributed by atoms with van der Waals surface area (Å²) in [6.45, 7) is -0.297. The van der Waals surface area contributed by atoms with Gasteiger partial charge in [-0.15, -0.1) is 0 Å². The largest absolute Gasteiger partial charge is 0.448 e. The van der Waals surface area contributed by atoms with Crippen molar-refractivity contribution in [2.24, 2.45) is 5.73 Å². The number of sulfonamides is 1. The van der Waals surface area contributed by atoms with Crippen molar-refractivity contribution < 1.29 is 17.9 Å². The maximum absolute atomic E-state index is 11.8. The van der Waals surface area contributed by atoms with Crippen molar-refractivity contribution in [1.29, 1.82) is 5.26 Å². The number of nitrogens with two attached hydrogens (primary N) is 1. The Balaban J connectivity index is 2.75. The third-order valence-electron chi connectivity index (χ3n) is 1.94. The fourth-order valence-electron chi connectivity index (χ4n) is 1.20. The first-order valence-corrected chi connectivity index (χ1v) is 6.36. The molecule has 0 spiro atoms. The third-order valence-corrected chi connectivity index (χ3v) is 3.45. The molecule has 0 aliphatic heterocycles. The van der Waals surface area contributed by atoms with Crippen LogP contribution >= 0.6 is 0 Å². The van der Waals surface area contributed by atoms with Crippen LogP contribution in [0, 0.1) is 11.3 Å². The van der Waals surface area contributed by atoms with E-state index in [1.807, 2.05) is 0 Å². The van der Waals surface area contributed by atoms with E-state index in [1.165, 1.54) is 18.2 Å². The van der Waals surface area contributed by atoms with E-state index in [0.717, 1.165) is 0 Å². The number of nitrogens with zero attached hydrogens (tertiary/aromatic N) is 1. The van der Waals surface area contributed by atoms with Crippen LogP contribution in [0.3, 0.4) is 0 Å². The molecule has 1 amide bonds. The number of ether oxygens (including phenoxy) is 1. The van der Waals surface area contributed by atoms with E-state index < -0.39 is 16.1 Å². The fourth-order valence-corrected chi connectivity index (χ4v) is 2.37. The lowest BCUT2D eigenvalue weighted by atomic mass is 10.2. The molecule has 0 aliphatic rings. The molecule has 7 nitrogen and oxygen atoms in total. The third kappa shape index (κ3) is 3.73. The Morgan fingerprint density at radius 1 is 1.44 bits per heavy atom. The van der Waals surface area contributed by atoms with Crippen LogP contribution in [0.2, 0.25) is 0 Å². The minimum absolute atomic E-state index is 0.0424. The summed E-state index contributed by atoms with van der Waals surface area (Å²) in [6.07, 6.45) is -0.980. The molecule has 0 saturated carbocycles. The van der Waals surface area contributed by atoms with Gasteiger partial charge in [0.25, 0.3) is 0 Å². The van der Waals surface area contributed by atoms with Gasteiger partial charge in [-0.25, -0.2) is 17.9 Å². The Labute approximate surface area is 104 Å². The van der Waals surface area contributed by atoms with E-state index in [-0.39, 0.29) is 23.6 Å².